The van der Waals surface area contributed by atoms with Gasteiger partial charge < -0.3 is 0 Å². The third-order valence-electron chi connectivity index (χ3n) is 1.93. The average Bonchev–Trinajstić information content (AvgIpc) is 2.64. The van der Waals surface area contributed by atoms with Crippen molar-refractivity contribution < 1.29 is 0 Å². The number of aryl methyl sites for hydroxylation is 2. The van der Waals surface area contributed by atoms with Crippen molar-refractivity contribution >= 4 is 22.6 Å². The fraction of sp³-hybridized carbons (Fsp3) is 0.545. The SMILES string of the molecule is CC.CCCn1cc2nc(C)nc(Cl)c2n1. The Hall–Kier alpha value is -1.16. The summed E-state index contributed by atoms with van der Waals surface area (Å²) in [6.07, 6.45) is 2.94. The molecule has 2 heterocycles. The number of halogens is 1. The Labute approximate surface area is 101 Å². The smallest absolute Gasteiger partial charge is 0.160 e. The first-order valence-corrected chi connectivity index (χ1v) is 5.96. The summed E-state index contributed by atoms with van der Waals surface area (Å²) in [6, 6.07) is 0. The molecular formula is C11H17ClN4. The minimum absolute atomic E-state index is 0.433. The van der Waals surface area contributed by atoms with Crippen LogP contribution in [0.5, 0.6) is 0 Å². The van der Waals surface area contributed by atoms with E-state index in [2.05, 4.69) is 22.0 Å². The molecule has 4 nitrogen and oxygen atoms in total. The molecule has 0 saturated heterocycles. The average molecular weight is 241 g/mol. The van der Waals surface area contributed by atoms with Gasteiger partial charge in [-0.05, 0) is 13.3 Å². The molecule has 0 bridgehead atoms. The molecule has 0 amide bonds. The number of aromatic nitrogens is 4. The predicted molar refractivity (Wildman–Crippen MR) is 66.7 cm³/mol. The molecule has 2 aromatic heterocycles. The molecule has 0 spiro atoms. The van der Waals surface area contributed by atoms with Crippen molar-refractivity contribution in [2.75, 3.05) is 0 Å². The van der Waals surface area contributed by atoms with Gasteiger partial charge in [-0.25, -0.2) is 9.97 Å². The largest absolute Gasteiger partial charge is 0.270 e. The lowest BCUT2D eigenvalue weighted by atomic mass is 10.4. The van der Waals surface area contributed by atoms with Crippen LogP contribution in [-0.4, -0.2) is 19.7 Å². The minimum Gasteiger partial charge on any atom is -0.270 e. The van der Waals surface area contributed by atoms with Crippen molar-refractivity contribution in [1.82, 2.24) is 19.7 Å². The van der Waals surface area contributed by atoms with Gasteiger partial charge in [0.05, 0.1) is 6.20 Å². The zero-order chi connectivity index (χ0) is 12.1. The van der Waals surface area contributed by atoms with Crippen LogP contribution < -0.4 is 0 Å². The molecule has 2 aromatic rings. The van der Waals surface area contributed by atoms with Gasteiger partial charge in [-0.1, -0.05) is 32.4 Å². The Kier molecular flexibility index (Phi) is 4.68. The first-order chi connectivity index (χ1) is 7.70. The van der Waals surface area contributed by atoms with Gasteiger partial charge in [0.25, 0.3) is 0 Å². The lowest BCUT2D eigenvalue weighted by molar-refractivity contribution is 0.608. The summed E-state index contributed by atoms with van der Waals surface area (Å²) in [4.78, 5) is 8.31. The summed E-state index contributed by atoms with van der Waals surface area (Å²) in [7, 11) is 0. The highest BCUT2D eigenvalue weighted by molar-refractivity contribution is 6.33. The fourth-order valence-corrected chi connectivity index (χ4v) is 1.63. The maximum atomic E-state index is 5.95. The molecule has 0 atom stereocenters. The van der Waals surface area contributed by atoms with Gasteiger partial charge in [-0.3, -0.25) is 4.68 Å². The van der Waals surface area contributed by atoms with Crippen LogP contribution >= 0.6 is 11.6 Å². The fourth-order valence-electron chi connectivity index (χ4n) is 1.38. The zero-order valence-corrected chi connectivity index (χ0v) is 10.9. The Morgan fingerprint density at radius 2 is 2.00 bits per heavy atom. The molecule has 0 saturated carbocycles. The number of rotatable bonds is 2. The van der Waals surface area contributed by atoms with Gasteiger partial charge in [-0.2, -0.15) is 5.10 Å². The molecule has 0 aromatic carbocycles. The van der Waals surface area contributed by atoms with Gasteiger partial charge >= 0.3 is 0 Å². The van der Waals surface area contributed by atoms with E-state index >= 15 is 0 Å². The summed E-state index contributed by atoms with van der Waals surface area (Å²) in [5, 5.41) is 4.74. The van der Waals surface area contributed by atoms with E-state index in [-0.39, 0.29) is 0 Å². The van der Waals surface area contributed by atoms with Crippen molar-refractivity contribution in [3.8, 4) is 0 Å². The minimum atomic E-state index is 0.433. The monoisotopic (exact) mass is 240 g/mol. The van der Waals surface area contributed by atoms with Crippen molar-refractivity contribution in [3.63, 3.8) is 0 Å². The van der Waals surface area contributed by atoms with E-state index in [1.54, 1.807) is 0 Å². The van der Waals surface area contributed by atoms with Crippen LogP contribution in [-0.2, 0) is 6.54 Å². The molecule has 0 aliphatic carbocycles. The highest BCUT2D eigenvalue weighted by Crippen LogP contribution is 2.18. The summed E-state index contributed by atoms with van der Waals surface area (Å²) >= 11 is 5.95. The Morgan fingerprint density at radius 1 is 1.31 bits per heavy atom. The van der Waals surface area contributed by atoms with Crippen LogP contribution in [0.3, 0.4) is 0 Å². The second-order valence-corrected chi connectivity index (χ2v) is 3.55. The van der Waals surface area contributed by atoms with E-state index in [4.69, 9.17) is 11.6 Å². The molecule has 88 valence electrons. The topological polar surface area (TPSA) is 43.6 Å². The van der Waals surface area contributed by atoms with Crippen molar-refractivity contribution in [1.29, 1.82) is 0 Å². The Morgan fingerprint density at radius 3 is 2.62 bits per heavy atom. The van der Waals surface area contributed by atoms with Crippen molar-refractivity contribution in [3.05, 3.63) is 17.2 Å². The number of fused-ring (bicyclic) bond motifs is 1. The highest BCUT2D eigenvalue weighted by Gasteiger charge is 2.07. The maximum Gasteiger partial charge on any atom is 0.160 e. The molecule has 5 heteroatoms. The van der Waals surface area contributed by atoms with E-state index in [0.29, 0.717) is 16.5 Å². The van der Waals surface area contributed by atoms with Gasteiger partial charge in [0.2, 0.25) is 0 Å². The van der Waals surface area contributed by atoms with E-state index < -0.39 is 0 Å². The number of hydrogen-bond donors (Lipinski definition) is 0. The third-order valence-corrected chi connectivity index (χ3v) is 2.20. The second-order valence-electron chi connectivity index (χ2n) is 3.19. The molecular weight excluding hydrogens is 224 g/mol. The Balaban J connectivity index is 0.000000606. The van der Waals surface area contributed by atoms with E-state index in [1.165, 1.54) is 0 Å². The predicted octanol–water partition coefficient (Wildman–Crippen LogP) is 3.22. The lowest BCUT2D eigenvalue weighted by Gasteiger charge is -1.93. The molecule has 16 heavy (non-hydrogen) atoms. The summed E-state index contributed by atoms with van der Waals surface area (Å²) in [5.74, 6) is 0.679. The van der Waals surface area contributed by atoms with Crippen LogP contribution in [0, 0.1) is 6.92 Å². The van der Waals surface area contributed by atoms with Gasteiger partial charge in [0.15, 0.2) is 5.15 Å². The van der Waals surface area contributed by atoms with Gasteiger partial charge in [-0.15, -0.1) is 0 Å². The van der Waals surface area contributed by atoms with Crippen LogP contribution in [0.15, 0.2) is 6.20 Å². The van der Waals surface area contributed by atoms with Gasteiger partial charge in [0, 0.05) is 6.54 Å². The quantitative estimate of drug-likeness (QED) is 0.757. The van der Waals surface area contributed by atoms with Crippen LogP contribution in [0.4, 0.5) is 0 Å². The first-order valence-electron chi connectivity index (χ1n) is 5.58. The third kappa shape index (κ3) is 2.70. The molecule has 0 radical (unpaired) electrons. The lowest BCUT2D eigenvalue weighted by Crippen LogP contribution is -1.95. The Bertz CT molecular complexity index is 464. The van der Waals surface area contributed by atoms with Crippen molar-refractivity contribution in [2.45, 2.75) is 40.7 Å². The molecule has 0 aliphatic rings. The van der Waals surface area contributed by atoms with Crippen LogP contribution in [0.1, 0.15) is 33.0 Å². The molecule has 0 aliphatic heterocycles. The maximum absolute atomic E-state index is 5.95. The number of hydrogen-bond acceptors (Lipinski definition) is 3. The summed E-state index contributed by atoms with van der Waals surface area (Å²) < 4.78 is 1.85. The summed E-state index contributed by atoms with van der Waals surface area (Å²) in [5.41, 5.74) is 1.50. The highest BCUT2D eigenvalue weighted by atomic mass is 35.5. The van der Waals surface area contributed by atoms with E-state index in [1.807, 2.05) is 31.6 Å². The van der Waals surface area contributed by atoms with Crippen molar-refractivity contribution in [2.24, 2.45) is 0 Å². The van der Waals surface area contributed by atoms with Crippen LogP contribution in [0.2, 0.25) is 5.15 Å². The molecule has 2 rings (SSSR count). The number of nitrogens with zero attached hydrogens (tertiary/aromatic N) is 4. The zero-order valence-electron chi connectivity index (χ0n) is 10.2. The molecule has 0 unspecified atom stereocenters. The standard InChI is InChI=1S/C9H11ClN4.C2H6/c1-3-4-14-5-7-8(13-14)9(10)12-6(2)11-7;1-2/h5H,3-4H2,1-2H3;1-2H3. The van der Waals surface area contributed by atoms with E-state index in [9.17, 15) is 0 Å². The first kappa shape index (κ1) is 12.9. The second kappa shape index (κ2) is 5.80. The van der Waals surface area contributed by atoms with E-state index in [0.717, 1.165) is 18.5 Å². The molecule has 0 fully saturated rings. The van der Waals surface area contributed by atoms with Gasteiger partial charge in [0.1, 0.15) is 16.9 Å². The summed E-state index contributed by atoms with van der Waals surface area (Å²) in [6.45, 7) is 8.80. The van der Waals surface area contributed by atoms with Crippen LogP contribution in [0.25, 0.3) is 11.0 Å². The molecule has 0 N–H and O–H groups in total. The normalized spacial score (nSPS) is 10.1.